The molecule has 0 aliphatic carbocycles. The first-order valence-electron chi connectivity index (χ1n) is 8.29. The summed E-state index contributed by atoms with van der Waals surface area (Å²) in [6.07, 6.45) is 0.942. The maximum absolute atomic E-state index is 12.8. The second-order valence-corrected chi connectivity index (χ2v) is 6.49. The molecule has 0 bridgehead atoms. The normalized spacial score (nSPS) is 11.1. The summed E-state index contributed by atoms with van der Waals surface area (Å²) in [5.74, 6) is 0.405. The average molecular weight is 378 g/mol. The van der Waals surface area contributed by atoms with E-state index in [4.69, 9.17) is 0 Å². The highest BCUT2D eigenvalue weighted by Crippen LogP contribution is 2.33. The summed E-state index contributed by atoms with van der Waals surface area (Å²) in [6, 6.07) is 7.82. The SMILES string of the molecule is CN(C)CCCNc1c2c(=O)n(C)c(=O)nc-2n(C)c2ccccc12.Cl. The van der Waals surface area contributed by atoms with Crippen LogP contribution in [0.2, 0.25) is 0 Å². The van der Waals surface area contributed by atoms with E-state index in [0.29, 0.717) is 11.4 Å². The maximum Gasteiger partial charge on any atom is 0.352 e. The fourth-order valence-corrected chi connectivity index (χ4v) is 3.05. The number of para-hydroxylation sites is 1. The summed E-state index contributed by atoms with van der Waals surface area (Å²) in [4.78, 5) is 31.0. The summed E-state index contributed by atoms with van der Waals surface area (Å²) < 4.78 is 2.86. The van der Waals surface area contributed by atoms with Crippen molar-refractivity contribution < 1.29 is 0 Å². The highest BCUT2D eigenvalue weighted by molar-refractivity contribution is 6.00. The maximum atomic E-state index is 12.8. The van der Waals surface area contributed by atoms with Crippen molar-refractivity contribution in [3.63, 3.8) is 0 Å². The van der Waals surface area contributed by atoms with E-state index in [1.807, 2.05) is 45.4 Å². The molecular weight excluding hydrogens is 354 g/mol. The van der Waals surface area contributed by atoms with Gasteiger partial charge in [-0.1, -0.05) is 18.2 Å². The van der Waals surface area contributed by atoms with Crippen LogP contribution in [0.15, 0.2) is 33.9 Å². The number of fused-ring (bicyclic) bond motifs is 2. The number of halogens is 1. The standard InChI is InChI=1S/C18H23N5O2.ClH/c1-21(2)11-7-10-19-15-12-8-5-6-9-13(12)22(3)16-14(15)17(24)23(4)18(25)20-16;/h5-6,8-9,19H,7,10-11H2,1-4H3;1H. The van der Waals surface area contributed by atoms with Gasteiger partial charge in [0, 0.05) is 26.0 Å². The largest absolute Gasteiger partial charge is 0.384 e. The second-order valence-electron chi connectivity index (χ2n) is 6.49. The van der Waals surface area contributed by atoms with Crippen molar-refractivity contribution in [2.45, 2.75) is 6.42 Å². The molecule has 1 N–H and O–H groups in total. The van der Waals surface area contributed by atoms with Gasteiger partial charge in [0.2, 0.25) is 0 Å². The Bertz CT molecular complexity index is 1010. The Kier molecular flexibility index (Phi) is 6.05. The van der Waals surface area contributed by atoms with E-state index in [-0.39, 0.29) is 18.0 Å². The van der Waals surface area contributed by atoms with Gasteiger partial charge in [0.25, 0.3) is 5.56 Å². The quantitative estimate of drug-likeness (QED) is 0.539. The van der Waals surface area contributed by atoms with Crippen LogP contribution in [0.5, 0.6) is 0 Å². The molecule has 1 aromatic carbocycles. The van der Waals surface area contributed by atoms with Crippen molar-refractivity contribution in [1.29, 1.82) is 0 Å². The molecule has 1 aromatic rings. The topological polar surface area (TPSA) is 72.2 Å². The van der Waals surface area contributed by atoms with Crippen molar-refractivity contribution in [3.8, 4) is 11.4 Å². The molecule has 2 aliphatic rings. The van der Waals surface area contributed by atoms with Crippen molar-refractivity contribution in [2.24, 2.45) is 14.1 Å². The lowest BCUT2D eigenvalue weighted by Crippen LogP contribution is -2.36. The molecule has 0 unspecified atom stereocenters. The fourth-order valence-electron chi connectivity index (χ4n) is 3.05. The third-order valence-electron chi connectivity index (χ3n) is 4.42. The Hall–Kier alpha value is -2.38. The van der Waals surface area contributed by atoms with Crippen LogP contribution >= 0.6 is 12.4 Å². The van der Waals surface area contributed by atoms with E-state index in [9.17, 15) is 9.59 Å². The third-order valence-corrected chi connectivity index (χ3v) is 4.42. The zero-order valence-corrected chi connectivity index (χ0v) is 16.3. The van der Waals surface area contributed by atoms with Crippen LogP contribution < -0.4 is 16.6 Å². The molecule has 2 heterocycles. The van der Waals surface area contributed by atoms with Gasteiger partial charge in [0.15, 0.2) is 5.82 Å². The molecule has 0 aromatic heterocycles. The smallest absolute Gasteiger partial charge is 0.352 e. The van der Waals surface area contributed by atoms with Crippen LogP contribution in [-0.4, -0.2) is 46.2 Å². The zero-order valence-electron chi connectivity index (χ0n) is 15.4. The first kappa shape index (κ1) is 19.9. The lowest BCUT2D eigenvalue weighted by Gasteiger charge is -2.20. The van der Waals surface area contributed by atoms with Crippen molar-refractivity contribution in [3.05, 3.63) is 45.1 Å². The lowest BCUT2D eigenvalue weighted by atomic mass is 10.1. The predicted octanol–water partition coefficient (Wildman–Crippen LogP) is 1.52. The summed E-state index contributed by atoms with van der Waals surface area (Å²) >= 11 is 0. The molecule has 0 saturated heterocycles. The molecule has 26 heavy (non-hydrogen) atoms. The minimum Gasteiger partial charge on any atom is -0.384 e. The average Bonchev–Trinajstić information content (AvgIpc) is 2.59. The van der Waals surface area contributed by atoms with E-state index in [0.717, 1.165) is 40.7 Å². The van der Waals surface area contributed by atoms with Gasteiger partial charge in [-0.2, -0.15) is 4.98 Å². The zero-order chi connectivity index (χ0) is 18.1. The van der Waals surface area contributed by atoms with Gasteiger partial charge in [-0.25, -0.2) is 4.79 Å². The Balaban J connectivity index is 0.00000243. The number of aryl methyl sites for hydroxylation is 1. The molecule has 140 valence electrons. The molecule has 0 radical (unpaired) electrons. The first-order valence-corrected chi connectivity index (χ1v) is 8.29. The molecule has 3 rings (SSSR count). The summed E-state index contributed by atoms with van der Waals surface area (Å²) in [5.41, 5.74) is 1.25. The van der Waals surface area contributed by atoms with Gasteiger partial charge in [0.05, 0.1) is 11.2 Å². The molecular formula is C18H24ClN5O2. The van der Waals surface area contributed by atoms with Crippen LogP contribution in [0, 0.1) is 0 Å². The molecule has 0 atom stereocenters. The molecule has 2 aliphatic heterocycles. The van der Waals surface area contributed by atoms with E-state index in [1.165, 1.54) is 7.05 Å². The highest BCUT2D eigenvalue weighted by atomic mass is 35.5. The number of aromatic nitrogens is 3. The number of hydrogen-bond donors (Lipinski definition) is 1. The Labute approximate surface area is 158 Å². The molecule has 0 fully saturated rings. The Morgan fingerprint density at radius 1 is 1.12 bits per heavy atom. The van der Waals surface area contributed by atoms with E-state index < -0.39 is 5.69 Å². The van der Waals surface area contributed by atoms with Crippen LogP contribution in [0.4, 0.5) is 5.69 Å². The van der Waals surface area contributed by atoms with Gasteiger partial charge in [-0.05, 0) is 33.1 Å². The van der Waals surface area contributed by atoms with Gasteiger partial charge in [0.1, 0.15) is 5.56 Å². The number of nitrogens with one attached hydrogen (secondary N) is 1. The summed E-state index contributed by atoms with van der Waals surface area (Å²) in [6.45, 7) is 1.68. The number of anilines is 1. The predicted molar refractivity (Wildman–Crippen MR) is 108 cm³/mol. The molecule has 8 heteroatoms. The molecule has 0 spiro atoms. The van der Waals surface area contributed by atoms with E-state index in [2.05, 4.69) is 15.2 Å². The summed E-state index contributed by atoms with van der Waals surface area (Å²) in [5, 5.41) is 4.35. The minimum absolute atomic E-state index is 0. The molecule has 7 nitrogen and oxygen atoms in total. The third kappa shape index (κ3) is 3.45. The van der Waals surface area contributed by atoms with Crippen molar-refractivity contribution in [1.82, 2.24) is 19.0 Å². The molecule has 0 amide bonds. The second kappa shape index (κ2) is 7.88. The highest BCUT2D eigenvalue weighted by Gasteiger charge is 2.22. The van der Waals surface area contributed by atoms with Crippen LogP contribution in [-0.2, 0) is 14.1 Å². The van der Waals surface area contributed by atoms with E-state index >= 15 is 0 Å². The minimum atomic E-state index is -0.540. The van der Waals surface area contributed by atoms with Crippen LogP contribution in [0.25, 0.3) is 22.3 Å². The Morgan fingerprint density at radius 3 is 2.50 bits per heavy atom. The van der Waals surface area contributed by atoms with Gasteiger partial charge in [-0.15, -0.1) is 12.4 Å². The number of nitrogens with zero attached hydrogens (tertiary/aromatic N) is 4. The van der Waals surface area contributed by atoms with Crippen molar-refractivity contribution in [2.75, 3.05) is 32.5 Å². The van der Waals surface area contributed by atoms with Crippen LogP contribution in [0.3, 0.4) is 0 Å². The molecule has 0 saturated carbocycles. The Morgan fingerprint density at radius 2 is 1.81 bits per heavy atom. The summed E-state index contributed by atoms with van der Waals surface area (Å²) in [7, 11) is 7.35. The number of pyridine rings is 1. The monoisotopic (exact) mass is 377 g/mol. The van der Waals surface area contributed by atoms with E-state index in [1.54, 1.807) is 4.57 Å². The number of rotatable bonds is 5. The fraction of sp³-hybridized carbons (Fsp3) is 0.389. The van der Waals surface area contributed by atoms with Gasteiger partial charge in [-0.3, -0.25) is 9.36 Å². The number of benzene rings is 1. The first-order chi connectivity index (χ1) is 11.9. The lowest BCUT2D eigenvalue weighted by molar-refractivity contribution is 0.405. The van der Waals surface area contributed by atoms with Crippen LogP contribution in [0.1, 0.15) is 6.42 Å². The van der Waals surface area contributed by atoms with Gasteiger partial charge < -0.3 is 14.8 Å². The van der Waals surface area contributed by atoms with Crippen molar-refractivity contribution >= 4 is 29.0 Å². The number of hydrogen-bond acceptors (Lipinski definition) is 5. The van der Waals surface area contributed by atoms with Gasteiger partial charge >= 0.3 is 5.69 Å².